The molecule has 1 aromatic rings. The average Bonchev–Trinajstić information content (AvgIpc) is 2.39. The van der Waals surface area contributed by atoms with E-state index in [0.29, 0.717) is 17.3 Å². The zero-order valence-electron chi connectivity index (χ0n) is 10.5. The van der Waals surface area contributed by atoms with E-state index in [9.17, 15) is 4.39 Å². The molecule has 0 aliphatic carbocycles. The number of hydrogen-bond acceptors (Lipinski definition) is 4. The first-order chi connectivity index (χ1) is 8.70. The molecule has 1 fully saturated rings. The zero-order chi connectivity index (χ0) is 13.0. The second-order valence-corrected chi connectivity index (χ2v) is 4.54. The summed E-state index contributed by atoms with van der Waals surface area (Å²) in [5, 5.41) is 3.23. The Labute approximate surface area is 106 Å². The van der Waals surface area contributed by atoms with Gasteiger partial charge >= 0.3 is 0 Å². The number of nitrogens with two attached hydrogens (primary N) is 1. The van der Waals surface area contributed by atoms with Crippen molar-refractivity contribution in [3.63, 3.8) is 0 Å². The van der Waals surface area contributed by atoms with Crippen molar-refractivity contribution >= 4 is 11.4 Å². The van der Waals surface area contributed by atoms with E-state index >= 15 is 0 Å². The molecule has 1 heterocycles. The van der Waals surface area contributed by atoms with Gasteiger partial charge in [0.2, 0.25) is 0 Å². The van der Waals surface area contributed by atoms with E-state index in [1.165, 1.54) is 13.2 Å². The van der Waals surface area contributed by atoms with Crippen molar-refractivity contribution in [3.05, 3.63) is 17.9 Å². The monoisotopic (exact) mass is 254 g/mol. The van der Waals surface area contributed by atoms with E-state index in [1.54, 1.807) is 6.07 Å². The molecule has 0 spiro atoms. The Balaban J connectivity index is 1.99. The van der Waals surface area contributed by atoms with E-state index in [-0.39, 0.29) is 5.75 Å². The van der Waals surface area contributed by atoms with Gasteiger partial charge in [-0.2, -0.15) is 0 Å². The molecular formula is C13H19FN2O2. The van der Waals surface area contributed by atoms with Gasteiger partial charge in [0.15, 0.2) is 11.6 Å². The number of hydrogen-bond donors (Lipinski definition) is 2. The van der Waals surface area contributed by atoms with Crippen LogP contribution in [0.3, 0.4) is 0 Å². The third kappa shape index (κ3) is 3.04. The van der Waals surface area contributed by atoms with Gasteiger partial charge in [-0.1, -0.05) is 0 Å². The van der Waals surface area contributed by atoms with E-state index in [0.717, 1.165) is 32.6 Å². The van der Waals surface area contributed by atoms with Gasteiger partial charge in [0, 0.05) is 25.3 Å². The fourth-order valence-electron chi connectivity index (χ4n) is 2.10. The number of nitrogens with one attached hydrogen (secondary N) is 1. The first-order valence-corrected chi connectivity index (χ1v) is 6.15. The lowest BCUT2D eigenvalue weighted by Gasteiger charge is -2.23. The third-order valence-electron chi connectivity index (χ3n) is 3.16. The molecule has 0 bridgehead atoms. The number of anilines is 2. The van der Waals surface area contributed by atoms with Crippen molar-refractivity contribution in [1.82, 2.24) is 0 Å². The molecule has 0 amide bonds. The lowest BCUT2D eigenvalue weighted by Crippen LogP contribution is -2.24. The van der Waals surface area contributed by atoms with E-state index in [4.69, 9.17) is 15.2 Å². The lowest BCUT2D eigenvalue weighted by atomic mass is 10.0. The van der Waals surface area contributed by atoms with Crippen molar-refractivity contribution in [2.75, 3.05) is 37.9 Å². The highest BCUT2D eigenvalue weighted by Crippen LogP contribution is 2.28. The number of halogens is 1. The number of nitrogen functional groups attached to an aromatic ring is 1. The predicted octanol–water partition coefficient (Wildman–Crippen LogP) is 2.25. The highest BCUT2D eigenvalue weighted by atomic mass is 19.1. The minimum absolute atomic E-state index is 0.201. The van der Waals surface area contributed by atoms with Gasteiger partial charge in [-0.05, 0) is 18.8 Å². The van der Waals surface area contributed by atoms with Crippen molar-refractivity contribution < 1.29 is 13.9 Å². The first-order valence-electron chi connectivity index (χ1n) is 6.15. The molecule has 1 atom stereocenters. The molecule has 1 aromatic carbocycles. The third-order valence-corrected chi connectivity index (χ3v) is 3.16. The Bertz CT molecular complexity index is 406. The molecule has 1 aliphatic rings. The first kappa shape index (κ1) is 13.0. The van der Waals surface area contributed by atoms with Crippen LogP contribution in [0.4, 0.5) is 15.8 Å². The number of ether oxygens (including phenoxy) is 2. The molecule has 18 heavy (non-hydrogen) atoms. The maximum atomic E-state index is 13.4. The Morgan fingerprint density at radius 3 is 3.06 bits per heavy atom. The van der Waals surface area contributed by atoms with Crippen LogP contribution in [0.15, 0.2) is 12.1 Å². The molecule has 0 saturated carbocycles. The van der Waals surface area contributed by atoms with E-state index in [2.05, 4.69) is 5.32 Å². The topological polar surface area (TPSA) is 56.5 Å². The van der Waals surface area contributed by atoms with Crippen LogP contribution in [-0.2, 0) is 4.74 Å². The molecule has 2 rings (SSSR count). The van der Waals surface area contributed by atoms with E-state index < -0.39 is 5.82 Å². The summed E-state index contributed by atoms with van der Waals surface area (Å²) in [5.41, 5.74) is 6.87. The summed E-state index contributed by atoms with van der Waals surface area (Å²) < 4.78 is 23.7. The smallest absolute Gasteiger partial charge is 0.167 e. The minimum atomic E-state index is -0.443. The second-order valence-electron chi connectivity index (χ2n) is 4.54. The highest BCUT2D eigenvalue weighted by Gasteiger charge is 2.15. The molecule has 0 aromatic heterocycles. The van der Waals surface area contributed by atoms with Crippen LogP contribution in [-0.4, -0.2) is 26.9 Å². The summed E-state index contributed by atoms with van der Waals surface area (Å²) >= 11 is 0. The number of methoxy groups -OCH3 is 1. The summed E-state index contributed by atoms with van der Waals surface area (Å²) in [6, 6.07) is 2.87. The lowest BCUT2D eigenvalue weighted by molar-refractivity contribution is 0.0595. The summed E-state index contributed by atoms with van der Waals surface area (Å²) in [6.07, 6.45) is 2.24. The van der Waals surface area contributed by atoms with Gasteiger partial charge in [-0.3, -0.25) is 0 Å². The Morgan fingerprint density at radius 1 is 1.56 bits per heavy atom. The highest BCUT2D eigenvalue weighted by molar-refractivity contribution is 5.68. The maximum absolute atomic E-state index is 13.4. The minimum Gasteiger partial charge on any atom is -0.494 e. The summed E-state index contributed by atoms with van der Waals surface area (Å²) in [4.78, 5) is 0. The predicted molar refractivity (Wildman–Crippen MR) is 69.4 cm³/mol. The van der Waals surface area contributed by atoms with Crippen LogP contribution in [0.1, 0.15) is 12.8 Å². The molecule has 1 saturated heterocycles. The van der Waals surface area contributed by atoms with Crippen LogP contribution in [0, 0.1) is 11.7 Å². The standard InChI is InChI=1S/C13H19FN2O2/c1-17-13-6-12(11(15)5-10(13)14)16-7-9-3-2-4-18-8-9/h5-6,9,16H,2-4,7-8,15H2,1H3. The fraction of sp³-hybridized carbons (Fsp3) is 0.538. The van der Waals surface area contributed by atoms with Crippen LogP contribution in [0.2, 0.25) is 0 Å². The largest absolute Gasteiger partial charge is 0.494 e. The quantitative estimate of drug-likeness (QED) is 0.809. The summed E-state index contributed by atoms with van der Waals surface area (Å²) in [7, 11) is 1.44. The van der Waals surface area contributed by atoms with Gasteiger partial charge in [0.05, 0.1) is 25.1 Å². The second kappa shape index (κ2) is 5.91. The average molecular weight is 254 g/mol. The zero-order valence-corrected chi connectivity index (χ0v) is 10.5. The van der Waals surface area contributed by atoms with Crippen LogP contribution < -0.4 is 15.8 Å². The molecule has 1 unspecified atom stereocenters. The van der Waals surface area contributed by atoms with Crippen molar-refractivity contribution in [1.29, 1.82) is 0 Å². The molecule has 4 nitrogen and oxygen atoms in total. The maximum Gasteiger partial charge on any atom is 0.167 e. The Morgan fingerprint density at radius 2 is 2.39 bits per heavy atom. The van der Waals surface area contributed by atoms with Gasteiger partial charge in [-0.15, -0.1) is 0 Å². The van der Waals surface area contributed by atoms with Gasteiger partial charge < -0.3 is 20.5 Å². The van der Waals surface area contributed by atoms with Crippen molar-refractivity contribution in [2.45, 2.75) is 12.8 Å². The number of benzene rings is 1. The molecule has 1 aliphatic heterocycles. The fourth-order valence-corrected chi connectivity index (χ4v) is 2.10. The van der Waals surface area contributed by atoms with Crippen molar-refractivity contribution in [3.8, 4) is 5.75 Å². The van der Waals surface area contributed by atoms with Gasteiger partial charge in [-0.25, -0.2) is 4.39 Å². The van der Waals surface area contributed by atoms with Crippen LogP contribution >= 0.6 is 0 Å². The normalized spacial score (nSPS) is 19.6. The molecule has 0 radical (unpaired) electrons. The van der Waals surface area contributed by atoms with E-state index in [1.807, 2.05) is 0 Å². The van der Waals surface area contributed by atoms with Gasteiger partial charge in [0.1, 0.15) is 0 Å². The SMILES string of the molecule is COc1cc(NCC2CCCOC2)c(N)cc1F. The summed E-state index contributed by atoms with van der Waals surface area (Å²) in [6.45, 7) is 2.40. The molecule has 5 heteroatoms. The molecule has 3 N–H and O–H groups in total. The van der Waals surface area contributed by atoms with Gasteiger partial charge in [0.25, 0.3) is 0 Å². The van der Waals surface area contributed by atoms with Crippen LogP contribution in [0.5, 0.6) is 5.75 Å². The summed E-state index contributed by atoms with van der Waals surface area (Å²) in [5.74, 6) is 0.238. The van der Waals surface area contributed by atoms with Crippen molar-refractivity contribution in [2.24, 2.45) is 5.92 Å². The Hall–Kier alpha value is -1.49. The van der Waals surface area contributed by atoms with Crippen LogP contribution in [0.25, 0.3) is 0 Å². The number of rotatable bonds is 4. The Kier molecular flexibility index (Phi) is 4.25. The molecule has 100 valence electrons. The molecular weight excluding hydrogens is 235 g/mol.